The summed E-state index contributed by atoms with van der Waals surface area (Å²) < 4.78 is 39.1. The van der Waals surface area contributed by atoms with Crippen LogP contribution in [0.4, 0.5) is 8.78 Å². The highest BCUT2D eigenvalue weighted by Crippen LogP contribution is 2.53. The zero-order chi connectivity index (χ0) is 30.2. The minimum absolute atomic E-state index is 0.236. The normalized spacial score (nSPS) is 16.7. The Morgan fingerprint density at radius 3 is 2.10 bits per heavy atom. The lowest BCUT2D eigenvalue weighted by molar-refractivity contribution is -0.178. The Kier molecular flexibility index (Phi) is 11.0. The molecule has 3 N–H and O–H groups in total. The van der Waals surface area contributed by atoms with E-state index in [1.807, 2.05) is 51.1 Å². The molecule has 0 heterocycles. The molecule has 41 heavy (non-hydrogen) atoms. The number of aliphatic hydroxyl groups excluding tert-OH is 1. The van der Waals surface area contributed by atoms with Crippen LogP contribution in [-0.2, 0) is 22.6 Å². The molecule has 0 spiro atoms. The first-order valence-corrected chi connectivity index (χ1v) is 14.3. The number of benzene rings is 2. The number of ketones is 1. The third kappa shape index (κ3) is 7.70. The zero-order valence-corrected chi connectivity index (χ0v) is 24.1. The maximum atomic E-state index is 13.8. The van der Waals surface area contributed by atoms with Crippen LogP contribution in [0, 0.1) is 16.7 Å². The molecule has 2 aromatic rings. The van der Waals surface area contributed by atoms with Crippen LogP contribution in [0.25, 0.3) is 0 Å². The van der Waals surface area contributed by atoms with Crippen LogP contribution in [-0.4, -0.2) is 46.8 Å². The Bertz CT molecular complexity index is 1180. The van der Waals surface area contributed by atoms with Crippen LogP contribution < -0.4 is 9.47 Å². The van der Waals surface area contributed by atoms with Crippen molar-refractivity contribution >= 4 is 17.5 Å². The first-order valence-electron chi connectivity index (χ1n) is 14.3. The Hall–Kier alpha value is -3.33. The fraction of sp³-hybridized carbons (Fsp3) is 0.531. The number of aliphatic carboxylic acids is 1. The van der Waals surface area contributed by atoms with Gasteiger partial charge in [0.25, 0.3) is 5.92 Å². The number of carbonyl (C=O) groups excluding carboxylic acids is 1. The molecule has 1 saturated carbocycles. The van der Waals surface area contributed by atoms with E-state index in [-0.39, 0.29) is 18.9 Å². The van der Waals surface area contributed by atoms with E-state index in [0.717, 1.165) is 24.0 Å². The number of aryl methyl sites for hydroxylation is 1. The van der Waals surface area contributed by atoms with E-state index in [4.69, 9.17) is 14.9 Å². The molecular weight excluding hydrogens is 532 g/mol. The molecule has 2 aromatic carbocycles. The van der Waals surface area contributed by atoms with E-state index in [0.29, 0.717) is 43.1 Å². The largest absolute Gasteiger partial charge is 0.493 e. The van der Waals surface area contributed by atoms with Crippen molar-refractivity contribution in [3.63, 3.8) is 0 Å². The van der Waals surface area contributed by atoms with Gasteiger partial charge < -0.3 is 25.1 Å². The maximum Gasteiger partial charge on any atom is 0.316 e. The van der Waals surface area contributed by atoms with Crippen LogP contribution in [0.1, 0.15) is 81.9 Å². The lowest BCUT2D eigenvalue weighted by Gasteiger charge is -2.44. The quantitative estimate of drug-likeness (QED) is 0.145. The first kappa shape index (κ1) is 32.2. The molecule has 1 fully saturated rings. The number of nitrogens with one attached hydrogen (secondary N) is 1. The molecule has 0 aromatic heterocycles. The molecule has 7 nitrogen and oxygen atoms in total. The van der Waals surface area contributed by atoms with Gasteiger partial charge in [0.05, 0.1) is 31.1 Å². The second kappa shape index (κ2) is 14.0. The molecule has 1 aliphatic rings. The molecule has 2 unspecified atom stereocenters. The SMILES string of the molecule is CCOc1cc(C(C)CC(CCCCc2ccccc2)C(=O)C(=N)C2(C(=O)O)CC(F)(F)C2)cc(OCC)c1CO. The van der Waals surface area contributed by atoms with E-state index in [1.165, 1.54) is 0 Å². The summed E-state index contributed by atoms with van der Waals surface area (Å²) >= 11 is 0. The molecule has 0 aliphatic heterocycles. The predicted octanol–water partition coefficient (Wildman–Crippen LogP) is 6.59. The summed E-state index contributed by atoms with van der Waals surface area (Å²) in [7, 11) is 0. The average molecular weight is 574 g/mol. The topological polar surface area (TPSA) is 117 Å². The summed E-state index contributed by atoms with van der Waals surface area (Å²) in [6, 6.07) is 13.5. The number of alkyl halides is 2. The summed E-state index contributed by atoms with van der Waals surface area (Å²) in [5, 5.41) is 28.2. The third-order valence-corrected chi connectivity index (χ3v) is 7.89. The van der Waals surface area contributed by atoms with E-state index in [9.17, 15) is 28.6 Å². The van der Waals surface area contributed by atoms with Gasteiger partial charge >= 0.3 is 5.97 Å². The van der Waals surface area contributed by atoms with Crippen LogP contribution in [0.2, 0.25) is 0 Å². The molecule has 0 amide bonds. The van der Waals surface area contributed by atoms with Crippen LogP contribution in [0.15, 0.2) is 42.5 Å². The van der Waals surface area contributed by atoms with Gasteiger partial charge in [-0.25, -0.2) is 8.78 Å². The third-order valence-electron chi connectivity index (χ3n) is 7.89. The van der Waals surface area contributed by atoms with Gasteiger partial charge in [-0.05, 0) is 68.7 Å². The van der Waals surface area contributed by atoms with Gasteiger partial charge in [-0.1, -0.05) is 43.7 Å². The maximum absolute atomic E-state index is 13.8. The highest BCUT2D eigenvalue weighted by atomic mass is 19.3. The first-order chi connectivity index (χ1) is 19.5. The summed E-state index contributed by atoms with van der Waals surface area (Å²) in [5.74, 6) is -5.45. The van der Waals surface area contributed by atoms with E-state index in [1.54, 1.807) is 12.1 Å². The van der Waals surface area contributed by atoms with Gasteiger partial charge in [0.15, 0.2) is 5.78 Å². The van der Waals surface area contributed by atoms with Crippen molar-refractivity contribution in [1.82, 2.24) is 0 Å². The number of unbranched alkanes of at least 4 members (excludes halogenated alkanes) is 1. The molecular formula is C32H41F2NO6. The zero-order valence-electron chi connectivity index (χ0n) is 24.1. The standard InChI is InChI=1S/C32H41F2NO6/c1-4-40-26-16-24(17-27(41-5-2)25(26)18-36)21(3)15-23(14-10-9-13-22-11-7-6-8-12-22)28(37)29(35)31(30(38)39)19-32(33,34)20-31/h6-8,11-12,16-17,21,23,35-36H,4-5,9-10,13-15,18-20H2,1-3H3,(H,38,39). The number of carbonyl (C=O) groups is 2. The smallest absolute Gasteiger partial charge is 0.316 e. The monoisotopic (exact) mass is 573 g/mol. The number of rotatable bonds is 17. The summed E-state index contributed by atoms with van der Waals surface area (Å²) in [4.78, 5) is 25.7. The number of aliphatic hydroxyl groups is 1. The van der Waals surface area contributed by atoms with Crippen molar-refractivity contribution < 1.29 is 38.1 Å². The van der Waals surface area contributed by atoms with Crippen molar-refractivity contribution in [3.05, 3.63) is 59.2 Å². The molecule has 1 aliphatic carbocycles. The molecule has 2 atom stereocenters. The minimum Gasteiger partial charge on any atom is -0.493 e. The summed E-state index contributed by atoms with van der Waals surface area (Å²) in [6.07, 6.45) is 0.857. The second-order valence-electron chi connectivity index (χ2n) is 10.9. The molecule has 0 radical (unpaired) electrons. The van der Waals surface area contributed by atoms with Gasteiger partial charge in [0.1, 0.15) is 16.9 Å². The predicted molar refractivity (Wildman–Crippen MR) is 152 cm³/mol. The van der Waals surface area contributed by atoms with Gasteiger partial charge in [-0.3, -0.25) is 9.59 Å². The molecule has 3 rings (SSSR count). The number of hydrogen-bond donors (Lipinski definition) is 3. The lowest BCUT2D eigenvalue weighted by atomic mass is 9.61. The number of hydrogen-bond acceptors (Lipinski definition) is 6. The number of carboxylic acid groups (broad SMARTS) is 1. The fourth-order valence-corrected chi connectivity index (χ4v) is 5.64. The van der Waals surface area contributed by atoms with Gasteiger partial charge in [0, 0.05) is 18.8 Å². The summed E-state index contributed by atoms with van der Waals surface area (Å²) in [6.45, 7) is 6.04. The van der Waals surface area contributed by atoms with Crippen LogP contribution in [0.5, 0.6) is 11.5 Å². The molecule has 0 saturated heterocycles. The Balaban J connectivity index is 1.85. The number of halogens is 2. The van der Waals surface area contributed by atoms with Crippen molar-refractivity contribution in [2.45, 2.75) is 84.2 Å². The van der Waals surface area contributed by atoms with Crippen molar-refractivity contribution in [1.29, 1.82) is 5.41 Å². The van der Waals surface area contributed by atoms with E-state index < -0.39 is 47.6 Å². The highest BCUT2D eigenvalue weighted by molar-refractivity contribution is 6.44. The molecule has 224 valence electrons. The van der Waals surface area contributed by atoms with Crippen molar-refractivity contribution in [3.8, 4) is 11.5 Å². The van der Waals surface area contributed by atoms with Gasteiger partial charge in [0.2, 0.25) is 0 Å². The number of Topliss-reactive ketones (excluding diaryl/α,β-unsaturated/α-hetero) is 1. The number of carboxylic acids is 1. The minimum atomic E-state index is -3.21. The van der Waals surface area contributed by atoms with Gasteiger partial charge in [-0.15, -0.1) is 0 Å². The van der Waals surface area contributed by atoms with E-state index in [2.05, 4.69) is 0 Å². The van der Waals surface area contributed by atoms with Crippen molar-refractivity contribution in [2.75, 3.05) is 13.2 Å². The Labute approximate surface area is 240 Å². The molecule has 0 bridgehead atoms. The molecule has 9 heteroatoms. The fourth-order valence-electron chi connectivity index (χ4n) is 5.64. The van der Waals surface area contributed by atoms with Gasteiger partial charge in [-0.2, -0.15) is 0 Å². The van der Waals surface area contributed by atoms with Crippen LogP contribution in [0.3, 0.4) is 0 Å². The van der Waals surface area contributed by atoms with E-state index >= 15 is 0 Å². The van der Waals surface area contributed by atoms with Crippen molar-refractivity contribution in [2.24, 2.45) is 11.3 Å². The number of ether oxygens (including phenoxy) is 2. The van der Waals surface area contributed by atoms with Crippen LogP contribution >= 0.6 is 0 Å². The second-order valence-corrected chi connectivity index (χ2v) is 10.9. The Morgan fingerprint density at radius 1 is 1.02 bits per heavy atom. The average Bonchev–Trinajstić information content (AvgIpc) is 2.92. The lowest BCUT2D eigenvalue weighted by Crippen LogP contribution is -2.58. The highest BCUT2D eigenvalue weighted by Gasteiger charge is 2.65. The Morgan fingerprint density at radius 2 is 1.61 bits per heavy atom. The summed E-state index contributed by atoms with van der Waals surface area (Å²) in [5.41, 5.74) is -0.412.